The van der Waals surface area contributed by atoms with Gasteiger partial charge in [-0.1, -0.05) is 13.3 Å². The fourth-order valence-electron chi connectivity index (χ4n) is 2.43. The maximum atomic E-state index is 6.14. The van der Waals surface area contributed by atoms with Gasteiger partial charge in [0.05, 0.1) is 24.1 Å². The van der Waals surface area contributed by atoms with Crippen molar-refractivity contribution >= 4 is 11.5 Å². The van der Waals surface area contributed by atoms with Crippen LogP contribution >= 0.6 is 0 Å². The van der Waals surface area contributed by atoms with Crippen LogP contribution in [0.25, 0.3) is 0 Å². The Balaban J connectivity index is 1.95. The molecular formula is C13H25N5O. The number of hydrogen-bond acceptors (Lipinski definition) is 5. The highest BCUT2D eigenvalue weighted by molar-refractivity contribution is 5.65. The van der Waals surface area contributed by atoms with E-state index in [1.165, 1.54) is 0 Å². The molecular weight excluding hydrogens is 242 g/mol. The van der Waals surface area contributed by atoms with Gasteiger partial charge in [-0.3, -0.25) is 4.68 Å². The van der Waals surface area contributed by atoms with Crippen molar-refractivity contribution in [2.45, 2.75) is 25.9 Å². The number of nitrogens with zero attached hydrogens (tertiary/aromatic N) is 3. The number of rotatable bonds is 5. The van der Waals surface area contributed by atoms with Gasteiger partial charge in [0.2, 0.25) is 0 Å². The molecule has 19 heavy (non-hydrogen) atoms. The molecule has 0 amide bonds. The van der Waals surface area contributed by atoms with E-state index < -0.39 is 0 Å². The minimum atomic E-state index is 0.211. The molecule has 1 atom stereocenters. The van der Waals surface area contributed by atoms with Crippen molar-refractivity contribution in [1.29, 1.82) is 0 Å². The zero-order valence-electron chi connectivity index (χ0n) is 12.1. The molecule has 1 aliphatic rings. The van der Waals surface area contributed by atoms with E-state index in [1.54, 1.807) is 0 Å². The summed E-state index contributed by atoms with van der Waals surface area (Å²) in [5, 5.41) is 7.83. The number of ether oxygens (including phenoxy) is 1. The number of hydrogen-bond donors (Lipinski definition) is 2. The standard InChI is InChI=1S/C13H25N5O/c1-4-5-11-12(14)13(18(3)16-11)15-8-10-9-17(2)6-7-19-10/h10,15H,4-9,14H2,1-3H3. The minimum absolute atomic E-state index is 0.211. The van der Waals surface area contributed by atoms with E-state index in [2.05, 4.69) is 29.3 Å². The Morgan fingerprint density at radius 2 is 2.26 bits per heavy atom. The van der Waals surface area contributed by atoms with E-state index in [0.29, 0.717) is 0 Å². The van der Waals surface area contributed by atoms with Crippen LogP contribution in [-0.4, -0.2) is 54.1 Å². The molecule has 0 radical (unpaired) electrons. The highest BCUT2D eigenvalue weighted by Gasteiger charge is 2.19. The molecule has 0 aliphatic carbocycles. The first kappa shape index (κ1) is 14.1. The zero-order chi connectivity index (χ0) is 13.8. The summed E-state index contributed by atoms with van der Waals surface area (Å²) in [6.45, 7) is 5.65. The summed E-state index contributed by atoms with van der Waals surface area (Å²) >= 11 is 0. The third-order valence-corrected chi connectivity index (χ3v) is 3.49. The predicted molar refractivity (Wildman–Crippen MR) is 77.3 cm³/mol. The number of anilines is 2. The van der Waals surface area contributed by atoms with Crippen LogP contribution in [0, 0.1) is 0 Å². The van der Waals surface area contributed by atoms with Crippen LogP contribution in [0.4, 0.5) is 11.5 Å². The number of nitrogens with one attached hydrogen (secondary N) is 1. The Morgan fingerprint density at radius 1 is 1.47 bits per heavy atom. The van der Waals surface area contributed by atoms with Gasteiger partial charge in [-0.25, -0.2) is 0 Å². The third-order valence-electron chi connectivity index (χ3n) is 3.49. The molecule has 2 rings (SSSR count). The lowest BCUT2D eigenvalue weighted by molar-refractivity contribution is -0.0117. The SMILES string of the molecule is CCCc1nn(C)c(NCC2CN(C)CCO2)c1N. The molecule has 1 aromatic heterocycles. The van der Waals surface area contributed by atoms with E-state index in [4.69, 9.17) is 10.5 Å². The molecule has 1 aliphatic heterocycles. The maximum absolute atomic E-state index is 6.14. The van der Waals surface area contributed by atoms with Gasteiger partial charge in [0.1, 0.15) is 5.82 Å². The third kappa shape index (κ3) is 3.39. The Kier molecular flexibility index (Phi) is 4.66. The summed E-state index contributed by atoms with van der Waals surface area (Å²) in [5.41, 5.74) is 7.89. The molecule has 0 bridgehead atoms. The van der Waals surface area contributed by atoms with E-state index in [9.17, 15) is 0 Å². The van der Waals surface area contributed by atoms with Crippen LogP contribution in [0.5, 0.6) is 0 Å². The lowest BCUT2D eigenvalue weighted by Gasteiger charge is -2.30. The number of nitrogens with two attached hydrogens (primary N) is 1. The van der Waals surface area contributed by atoms with Crippen LogP contribution in [0.1, 0.15) is 19.0 Å². The Hall–Kier alpha value is -1.27. The second-order valence-electron chi connectivity index (χ2n) is 5.22. The van der Waals surface area contributed by atoms with Crippen molar-refractivity contribution in [3.63, 3.8) is 0 Å². The van der Waals surface area contributed by atoms with Crippen LogP contribution in [0.2, 0.25) is 0 Å². The van der Waals surface area contributed by atoms with E-state index in [-0.39, 0.29) is 6.10 Å². The van der Waals surface area contributed by atoms with Crippen molar-refractivity contribution in [3.05, 3.63) is 5.69 Å². The molecule has 3 N–H and O–H groups in total. The highest BCUT2D eigenvalue weighted by atomic mass is 16.5. The molecule has 1 saturated heterocycles. The second kappa shape index (κ2) is 6.25. The van der Waals surface area contributed by atoms with Crippen LogP contribution < -0.4 is 11.1 Å². The molecule has 0 saturated carbocycles. The molecule has 108 valence electrons. The van der Waals surface area contributed by atoms with E-state index in [0.717, 1.165) is 56.3 Å². The summed E-state index contributed by atoms with van der Waals surface area (Å²) in [7, 11) is 4.04. The van der Waals surface area contributed by atoms with Gasteiger partial charge in [-0.05, 0) is 13.5 Å². The largest absolute Gasteiger partial charge is 0.394 e. The summed E-state index contributed by atoms with van der Waals surface area (Å²) < 4.78 is 7.56. The summed E-state index contributed by atoms with van der Waals surface area (Å²) in [4.78, 5) is 2.28. The lowest BCUT2D eigenvalue weighted by Crippen LogP contribution is -2.43. The van der Waals surface area contributed by atoms with Gasteiger partial charge >= 0.3 is 0 Å². The fourth-order valence-corrected chi connectivity index (χ4v) is 2.43. The average Bonchev–Trinajstić information content (AvgIpc) is 2.63. The Bertz CT molecular complexity index is 417. The lowest BCUT2D eigenvalue weighted by atomic mass is 10.2. The van der Waals surface area contributed by atoms with Crippen molar-refractivity contribution < 1.29 is 4.74 Å². The van der Waals surface area contributed by atoms with Crippen LogP contribution in [-0.2, 0) is 18.2 Å². The topological polar surface area (TPSA) is 68.3 Å². The number of aromatic nitrogens is 2. The zero-order valence-corrected chi connectivity index (χ0v) is 12.1. The smallest absolute Gasteiger partial charge is 0.147 e. The maximum Gasteiger partial charge on any atom is 0.147 e. The molecule has 0 spiro atoms. The summed E-state index contributed by atoms with van der Waals surface area (Å²) in [6.07, 6.45) is 2.18. The average molecular weight is 267 g/mol. The molecule has 1 aromatic rings. The van der Waals surface area contributed by atoms with Crippen LogP contribution in [0.15, 0.2) is 0 Å². The first-order valence-corrected chi connectivity index (χ1v) is 6.97. The van der Waals surface area contributed by atoms with E-state index >= 15 is 0 Å². The Morgan fingerprint density at radius 3 is 2.95 bits per heavy atom. The molecule has 2 heterocycles. The Labute approximate surface area is 114 Å². The van der Waals surface area contributed by atoms with Gasteiger partial charge in [-0.15, -0.1) is 0 Å². The van der Waals surface area contributed by atoms with Crippen molar-refractivity contribution in [1.82, 2.24) is 14.7 Å². The molecule has 1 unspecified atom stereocenters. The quantitative estimate of drug-likeness (QED) is 0.822. The van der Waals surface area contributed by atoms with Gasteiger partial charge in [0, 0.05) is 26.7 Å². The van der Waals surface area contributed by atoms with Gasteiger partial charge in [0.25, 0.3) is 0 Å². The van der Waals surface area contributed by atoms with Crippen molar-refractivity contribution in [2.75, 3.05) is 44.3 Å². The predicted octanol–water partition coefficient (Wildman–Crippen LogP) is 0.697. The van der Waals surface area contributed by atoms with Gasteiger partial charge in [0.15, 0.2) is 0 Å². The van der Waals surface area contributed by atoms with Crippen molar-refractivity contribution in [3.8, 4) is 0 Å². The van der Waals surface area contributed by atoms with Gasteiger partial charge in [-0.2, -0.15) is 5.10 Å². The normalized spacial score (nSPS) is 20.7. The number of morpholine rings is 1. The van der Waals surface area contributed by atoms with Crippen molar-refractivity contribution in [2.24, 2.45) is 7.05 Å². The number of aryl methyl sites for hydroxylation is 2. The highest BCUT2D eigenvalue weighted by Crippen LogP contribution is 2.23. The van der Waals surface area contributed by atoms with Crippen LogP contribution in [0.3, 0.4) is 0 Å². The first-order valence-electron chi connectivity index (χ1n) is 6.97. The second-order valence-corrected chi connectivity index (χ2v) is 5.22. The monoisotopic (exact) mass is 267 g/mol. The molecule has 6 nitrogen and oxygen atoms in total. The van der Waals surface area contributed by atoms with Gasteiger partial charge < -0.3 is 20.7 Å². The summed E-state index contributed by atoms with van der Waals surface area (Å²) in [5.74, 6) is 0.903. The van der Waals surface area contributed by atoms with E-state index in [1.807, 2.05) is 11.7 Å². The minimum Gasteiger partial charge on any atom is -0.394 e. The molecule has 1 fully saturated rings. The molecule has 6 heteroatoms. The number of likely N-dealkylation sites (N-methyl/N-ethyl adjacent to an activating group) is 1. The first-order chi connectivity index (χ1) is 9.11. The molecule has 0 aromatic carbocycles. The fraction of sp³-hybridized carbons (Fsp3) is 0.769. The number of nitrogen functional groups attached to an aromatic ring is 1. The summed E-state index contributed by atoms with van der Waals surface area (Å²) in [6, 6.07) is 0.